The van der Waals surface area contributed by atoms with Gasteiger partial charge < -0.3 is 20.1 Å². The Labute approximate surface area is 162 Å². The average Bonchev–Trinajstić information content (AvgIpc) is 3.10. The number of hydrogen-bond acceptors (Lipinski definition) is 5. The zero-order valence-electron chi connectivity index (χ0n) is 15.7. The Bertz CT molecular complexity index is 1010. The van der Waals surface area contributed by atoms with E-state index in [-0.39, 0.29) is 11.3 Å². The quantitative estimate of drug-likeness (QED) is 0.686. The van der Waals surface area contributed by atoms with Crippen molar-refractivity contribution in [3.8, 4) is 11.5 Å². The van der Waals surface area contributed by atoms with Crippen molar-refractivity contribution in [1.82, 2.24) is 9.78 Å². The Balaban J connectivity index is 1.82. The molecule has 28 heavy (non-hydrogen) atoms. The second kappa shape index (κ2) is 8.26. The van der Waals surface area contributed by atoms with Gasteiger partial charge in [-0.1, -0.05) is 12.1 Å². The number of carbonyl (C=O) groups excluding carboxylic acids is 2. The van der Waals surface area contributed by atoms with Crippen molar-refractivity contribution in [1.29, 1.82) is 0 Å². The van der Waals surface area contributed by atoms with Crippen LogP contribution in [0, 0.1) is 0 Å². The zero-order valence-corrected chi connectivity index (χ0v) is 15.7. The van der Waals surface area contributed by atoms with E-state index in [1.54, 1.807) is 69.8 Å². The summed E-state index contributed by atoms with van der Waals surface area (Å²) in [6.07, 6.45) is 1.36. The van der Waals surface area contributed by atoms with E-state index in [4.69, 9.17) is 9.47 Å². The molecular formula is C20H20N4O4. The van der Waals surface area contributed by atoms with Gasteiger partial charge in [-0.15, -0.1) is 0 Å². The van der Waals surface area contributed by atoms with Crippen LogP contribution in [0.2, 0.25) is 0 Å². The Kier molecular flexibility index (Phi) is 5.59. The lowest BCUT2D eigenvalue weighted by molar-refractivity contribution is 0.0985. The molecule has 0 bridgehead atoms. The molecule has 2 amide bonds. The highest BCUT2D eigenvalue weighted by molar-refractivity contribution is 6.14. The van der Waals surface area contributed by atoms with Crippen molar-refractivity contribution >= 4 is 23.2 Å². The molecule has 8 heteroatoms. The van der Waals surface area contributed by atoms with E-state index in [0.717, 1.165) is 0 Å². The van der Waals surface area contributed by atoms with E-state index < -0.39 is 11.8 Å². The van der Waals surface area contributed by atoms with Crippen LogP contribution >= 0.6 is 0 Å². The molecule has 0 fully saturated rings. The normalized spacial score (nSPS) is 10.2. The molecule has 0 aliphatic carbocycles. The van der Waals surface area contributed by atoms with Gasteiger partial charge in [0.2, 0.25) is 0 Å². The molecule has 3 aromatic rings. The summed E-state index contributed by atoms with van der Waals surface area (Å²) in [6, 6.07) is 13.9. The number of ether oxygens (including phenoxy) is 2. The summed E-state index contributed by atoms with van der Waals surface area (Å²) in [7, 11) is 4.69. The maximum Gasteiger partial charge on any atom is 0.274 e. The van der Waals surface area contributed by atoms with E-state index in [2.05, 4.69) is 15.7 Å². The number of carbonyl (C=O) groups is 2. The first kappa shape index (κ1) is 19.0. The molecule has 0 saturated carbocycles. The van der Waals surface area contributed by atoms with Gasteiger partial charge in [0.25, 0.3) is 11.8 Å². The average molecular weight is 380 g/mol. The molecule has 0 unspecified atom stereocenters. The first-order valence-corrected chi connectivity index (χ1v) is 8.44. The molecule has 0 radical (unpaired) electrons. The molecule has 8 nitrogen and oxygen atoms in total. The standard InChI is InChI=1S/C20H20N4O4/c1-24-18(20(26)23-14-7-5-9-16(11-14)28-3)17(12-21-24)19(25)22-13-6-4-8-15(10-13)27-2/h4-12H,1-3H3,(H,22,25)(H,23,26). The van der Waals surface area contributed by atoms with Crippen LogP contribution in [0.5, 0.6) is 11.5 Å². The summed E-state index contributed by atoms with van der Waals surface area (Å²) in [5.74, 6) is 0.319. The van der Waals surface area contributed by atoms with Crippen LogP contribution < -0.4 is 20.1 Å². The third-order valence-corrected chi connectivity index (χ3v) is 4.05. The van der Waals surface area contributed by atoms with Crippen LogP contribution in [0.15, 0.2) is 54.7 Å². The number of hydrogen-bond donors (Lipinski definition) is 2. The van der Waals surface area contributed by atoms with Gasteiger partial charge in [0, 0.05) is 30.6 Å². The molecule has 144 valence electrons. The number of aromatic nitrogens is 2. The largest absolute Gasteiger partial charge is 0.497 e. The molecule has 2 N–H and O–H groups in total. The minimum absolute atomic E-state index is 0.142. The van der Waals surface area contributed by atoms with E-state index in [0.29, 0.717) is 22.9 Å². The predicted molar refractivity (Wildman–Crippen MR) is 105 cm³/mol. The summed E-state index contributed by atoms with van der Waals surface area (Å²) in [5.41, 5.74) is 1.39. The molecule has 2 aromatic carbocycles. The van der Waals surface area contributed by atoms with Crippen LogP contribution in [0.4, 0.5) is 11.4 Å². The topological polar surface area (TPSA) is 94.5 Å². The summed E-state index contributed by atoms with van der Waals surface area (Å²) in [5, 5.41) is 9.56. The van der Waals surface area contributed by atoms with Crippen LogP contribution in [0.1, 0.15) is 20.8 Å². The number of nitrogens with zero attached hydrogens (tertiary/aromatic N) is 2. The molecule has 1 heterocycles. The van der Waals surface area contributed by atoms with Gasteiger partial charge >= 0.3 is 0 Å². The van der Waals surface area contributed by atoms with E-state index in [9.17, 15) is 9.59 Å². The lowest BCUT2D eigenvalue weighted by atomic mass is 10.2. The van der Waals surface area contributed by atoms with Gasteiger partial charge in [-0.25, -0.2) is 0 Å². The van der Waals surface area contributed by atoms with Gasteiger partial charge in [0.05, 0.1) is 26.0 Å². The molecule has 0 atom stereocenters. The van der Waals surface area contributed by atoms with Crippen molar-refractivity contribution in [2.24, 2.45) is 7.05 Å². The van der Waals surface area contributed by atoms with Gasteiger partial charge in [-0.05, 0) is 24.3 Å². The second-order valence-corrected chi connectivity index (χ2v) is 5.90. The number of rotatable bonds is 6. The molecule has 0 spiro atoms. The fraction of sp³-hybridized carbons (Fsp3) is 0.150. The first-order chi connectivity index (χ1) is 13.5. The van der Waals surface area contributed by atoms with Gasteiger partial charge in [-0.2, -0.15) is 5.10 Å². The molecule has 1 aromatic heterocycles. The lowest BCUT2D eigenvalue weighted by Crippen LogP contribution is -2.22. The van der Waals surface area contributed by atoms with E-state index in [1.165, 1.54) is 10.9 Å². The van der Waals surface area contributed by atoms with Crippen LogP contribution in [-0.2, 0) is 7.05 Å². The number of anilines is 2. The monoisotopic (exact) mass is 380 g/mol. The highest BCUT2D eigenvalue weighted by atomic mass is 16.5. The van der Waals surface area contributed by atoms with E-state index in [1.807, 2.05) is 0 Å². The Morgan fingerprint density at radius 2 is 1.43 bits per heavy atom. The van der Waals surface area contributed by atoms with Gasteiger partial charge in [-0.3, -0.25) is 14.3 Å². The minimum Gasteiger partial charge on any atom is -0.497 e. The van der Waals surface area contributed by atoms with Crippen molar-refractivity contribution < 1.29 is 19.1 Å². The van der Waals surface area contributed by atoms with Crippen molar-refractivity contribution in [2.45, 2.75) is 0 Å². The molecule has 3 rings (SSSR count). The summed E-state index contributed by atoms with van der Waals surface area (Å²) in [4.78, 5) is 25.5. The number of aryl methyl sites for hydroxylation is 1. The fourth-order valence-corrected chi connectivity index (χ4v) is 2.66. The maximum absolute atomic E-state index is 12.8. The minimum atomic E-state index is -0.455. The summed E-state index contributed by atoms with van der Waals surface area (Å²) >= 11 is 0. The number of benzene rings is 2. The Morgan fingerprint density at radius 1 is 0.893 bits per heavy atom. The van der Waals surface area contributed by atoms with Crippen LogP contribution in [0.25, 0.3) is 0 Å². The highest BCUT2D eigenvalue weighted by Crippen LogP contribution is 2.20. The molecular weight excluding hydrogens is 360 g/mol. The van der Waals surface area contributed by atoms with Crippen LogP contribution in [0.3, 0.4) is 0 Å². The summed E-state index contributed by atoms with van der Waals surface area (Å²) < 4.78 is 11.7. The third-order valence-electron chi connectivity index (χ3n) is 4.05. The third kappa shape index (κ3) is 4.12. The molecule has 0 aliphatic heterocycles. The maximum atomic E-state index is 12.8. The SMILES string of the molecule is COc1cccc(NC(=O)c2cnn(C)c2C(=O)Nc2cccc(OC)c2)c1. The first-order valence-electron chi connectivity index (χ1n) is 8.44. The summed E-state index contributed by atoms with van der Waals surface area (Å²) in [6.45, 7) is 0. The number of methoxy groups -OCH3 is 2. The van der Waals surface area contributed by atoms with Crippen LogP contribution in [-0.4, -0.2) is 35.8 Å². The lowest BCUT2D eigenvalue weighted by Gasteiger charge is -2.10. The van der Waals surface area contributed by atoms with E-state index >= 15 is 0 Å². The Morgan fingerprint density at radius 3 is 1.96 bits per heavy atom. The smallest absolute Gasteiger partial charge is 0.274 e. The number of amides is 2. The molecule has 0 aliphatic rings. The predicted octanol–water partition coefficient (Wildman–Crippen LogP) is 2.94. The number of nitrogens with one attached hydrogen (secondary N) is 2. The Hall–Kier alpha value is -3.81. The second-order valence-electron chi connectivity index (χ2n) is 5.90. The van der Waals surface area contributed by atoms with Crippen molar-refractivity contribution in [3.05, 3.63) is 66.0 Å². The highest BCUT2D eigenvalue weighted by Gasteiger charge is 2.22. The van der Waals surface area contributed by atoms with Gasteiger partial charge in [0.1, 0.15) is 17.2 Å². The molecule has 0 saturated heterocycles. The van der Waals surface area contributed by atoms with Crippen molar-refractivity contribution in [3.63, 3.8) is 0 Å². The van der Waals surface area contributed by atoms with Gasteiger partial charge in [0.15, 0.2) is 0 Å². The zero-order chi connectivity index (χ0) is 20.1. The van der Waals surface area contributed by atoms with Crippen molar-refractivity contribution in [2.75, 3.05) is 24.9 Å². The fourth-order valence-electron chi connectivity index (χ4n) is 2.66.